The molecule has 0 fully saturated rings. The lowest BCUT2D eigenvalue weighted by molar-refractivity contribution is -0.194. The molecular formula is C5H10F3NO2P+. The Morgan fingerprint density at radius 2 is 2.08 bits per heavy atom. The van der Waals surface area contributed by atoms with Crippen LogP contribution in [0.2, 0.25) is 0 Å². The van der Waals surface area contributed by atoms with Crippen molar-refractivity contribution in [1.82, 2.24) is 0 Å². The van der Waals surface area contributed by atoms with Gasteiger partial charge in [-0.2, -0.15) is 13.2 Å². The first-order chi connectivity index (χ1) is 5.38. The van der Waals surface area contributed by atoms with Crippen LogP contribution in [0.5, 0.6) is 0 Å². The van der Waals surface area contributed by atoms with Gasteiger partial charge in [0.1, 0.15) is 0 Å². The molecule has 0 aromatic carbocycles. The molecule has 0 aromatic heterocycles. The average Bonchev–Trinajstić information content (AvgIpc) is 1.83. The standard InChI is InChI=1S/C5H10F3NO2P/c1-12(10)11-4(2-3-9)5(6,7)8/h4H,2-3,9H2,1H3/q+1. The van der Waals surface area contributed by atoms with Crippen molar-refractivity contribution in [3.63, 3.8) is 0 Å². The van der Waals surface area contributed by atoms with E-state index in [0.717, 1.165) is 6.66 Å². The third-order valence-corrected chi connectivity index (χ3v) is 1.62. The molecule has 12 heavy (non-hydrogen) atoms. The molecule has 0 saturated carbocycles. The van der Waals surface area contributed by atoms with Gasteiger partial charge in [0.05, 0.1) is 0 Å². The van der Waals surface area contributed by atoms with Gasteiger partial charge < -0.3 is 5.73 Å². The Labute approximate surface area is 68.9 Å². The van der Waals surface area contributed by atoms with Crippen molar-refractivity contribution in [2.24, 2.45) is 5.73 Å². The Morgan fingerprint density at radius 3 is 2.33 bits per heavy atom. The predicted octanol–water partition coefficient (Wildman–Crippen LogP) is 1.65. The van der Waals surface area contributed by atoms with Gasteiger partial charge in [0.25, 0.3) is 0 Å². The van der Waals surface area contributed by atoms with E-state index >= 15 is 0 Å². The van der Waals surface area contributed by atoms with Crippen molar-refractivity contribution >= 4 is 8.03 Å². The minimum Gasteiger partial charge on any atom is -0.330 e. The van der Waals surface area contributed by atoms with Gasteiger partial charge in [-0.25, -0.2) is 0 Å². The maximum atomic E-state index is 12.0. The van der Waals surface area contributed by atoms with Crippen LogP contribution in [0.25, 0.3) is 0 Å². The van der Waals surface area contributed by atoms with Gasteiger partial charge in [-0.3, -0.25) is 0 Å². The number of halogens is 3. The topological polar surface area (TPSA) is 52.3 Å². The first-order valence-electron chi connectivity index (χ1n) is 3.22. The fourth-order valence-corrected chi connectivity index (χ4v) is 1.19. The highest BCUT2D eigenvalue weighted by Gasteiger charge is 2.44. The number of hydrogen-bond donors (Lipinski definition) is 1. The summed E-state index contributed by atoms with van der Waals surface area (Å²) in [5.74, 6) is 0. The van der Waals surface area contributed by atoms with Crippen LogP contribution < -0.4 is 5.73 Å². The maximum Gasteiger partial charge on any atom is 0.505 e. The summed E-state index contributed by atoms with van der Waals surface area (Å²) in [6.07, 6.45) is -6.85. The zero-order valence-electron chi connectivity index (χ0n) is 6.47. The van der Waals surface area contributed by atoms with Crippen molar-refractivity contribution in [3.05, 3.63) is 0 Å². The van der Waals surface area contributed by atoms with Crippen LogP contribution in [0.3, 0.4) is 0 Å². The van der Waals surface area contributed by atoms with Gasteiger partial charge in [0.2, 0.25) is 6.10 Å². The fourth-order valence-electron chi connectivity index (χ4n) is 0.607. The number of rotatable bonds is 4. The van der Waals surface area contributed by atoms with Gasteiger partial charge in [0.15, 0.2) is 6.66 Å². The van der Waals surface area contributed by atoms with E-state index in [0.29, 0.717) is 0 Å². The molecule has 0 aliphatic carbocycles. The number of alkyl halides is 3. The fraction of sp³-hybridized carbons (Fsp3) is 1.00. The summed E-state index contributed by atoms with van der Waals surface area (Å²) in [6.45, 7) is 0.929. The van der Waals surface area contributed by atoms with Crippen LogP contribution in [-0.2, 0) is 9.09 Å². The molecule has 7 heteroatoms. The lowest BCUT2D eigenvalue weighted by atomic mass is 10.2. The second-order valence-corrected chi connectivity index (χ2v) is 3.24. The minimum absolute atomic E-state index is 0.145. The Morgan fingerprint density at radius 1 is 1.58 bits per heavy atom. The molecule has 0 aromatic rings. The Kier molecular flexibility index (Phi) is 4.67. The van der Waals surface area contributed by atoms with Crippen molar-refractivity contribution in [3.8, 4) is 0 Å². The molecule has 0 amide bonds. The smallest absolute Gasteiger partial charge is 0.330 e. The molecule has 2 N–H and O–H groups in total. The molecule has 2 atom stereocenters. The average molecular weight is 204 g/mol. The van der Waals surface area contributed by atoms with Crippen LogP contribution in [0, 0.1) is 0 Å². The van der Waals surface area contributed by atoms with E-state index in [9.17, 15) is 17.7 Å². The van der Waals surface area contributed by atoms with Crippen LogP contribution in [0.1, 0.15) is 6.42 Å². The largest absolute Gasteiger partial charge is 0.505 e. The molecule has 2 unspecified atom stereocenters. The summed E-state index contributed by atoms with van der Waals surface area (Å²) >= 11 is 0. The van der Waals surface area contributed by atoms with E-state index in [4.69, 9.17) is 5.73 Å². The van der Waals surface area contributed by atoms with Gasteiger partial charge in [-0.1, -0.05) is 0 Å². The van der Waals surface area contributed by atoms with Gasteiger partial charge in [0, 0.05) is 0 Å². The second-order valence-electron chi connectivity index (χ2n) is 2.15. The Hall–Kier alpha value is -0.190. The van der Waals surface area contributed by atoms with Crippen molar-refractivity contribution < 1.29 is 22.3 Å². The summed E-state index contributed by atoms with van der Waals surface area (Å²) in [4.78, 5) is 0. The summed E-state index contributed by atoms with van der Waals surface area (Å²) in [5, 5.41) is 0. The summed E-state index contributed by atoms with van der Waals surface area (Å²) in [6, 6.07) is 0. The van der Waals surface area contributed by atoms with Gasteiger partial charge in [-0.05, 0) is 17.5 Å². The van der Waals surface area contributed by atoms with E-state index in [1.54, 1.807) is 0 Å². The first kappa shape index (κ1) is 11.8. The molecule has 3 nitrogen and oxygen atoms in total. The van der Waals surface area contributed by atoms with Crippen LogP contribution in [0.4, 0.5) is 13.2 Å². The molecule has 0 rings (SSSR count). The summed E-state index contributed by atoms with van der Waals surface area (Å²) in [7, 11) is -2.24. The quantitative estimate of drug-likeness (QED) is 0.708. The normalized spacial score (nSPS) is 15.9. The monoisotopic (exact) mass is 204 g/mol. The number of nitrogens with two attached hydrogens (primary N) is 1. The van der Waals surface area contributed by atoms with E-state index in [-0.39, 0.29) is 13.0 Å². The first-order valence-corrected chi connectivity index (χ1v) is 4.84. The van der Waals surface area contributed by atoms with Gasteiger partial charge in [-0.15, -0.1) is 4.52 Å². The maximum absolute atomic E-state index is 12.0. The van der Waals surface area contributed by atoms with Crippen molar-refractivity contribution in [1.29, 1.82) is 0 Å². The second kappa shape index (κ2) is 4.74. The molecule has 0 spiro atoms. The molecular weight excluding hydrogens is 194 g/mol. The lowest BCUT2D eigenvalue weighted by Crippen LogP contribution is -2.31. The predicted molar refractivity (Wildman–Crippen MR) is 38.1 cm³/mol. The van der Waals surface area contributed by atoms with Crippen LogP contribution in [0.15, 0.2) is 0 Å². The Balaban J connectivity index is 4.13. The van der Waals surface area contributed by atoms with Gasteiger partial charge >= 0.3 is 14.2 Å². The van der Waals surface area contributed by atoms with Crippen LogP contribution in [-0.4, -0.2) is 25.5 Å². The molecule has 0 aliphatic heterocycles. The third kappa shape index (κ3) is 4.64. The summed E-state index contributed by atoms with van der Waals surface area (Å²) < 4.78 is 50.4. The molecule has 0 bridgehead atoms. The molecule has 0 aliphatic rings. The van der Waals surface area contributed by atoms with E-state index < -0.39 is 20.3 Å². The zero-order valence-corrected chi connectivity index (χ0v) is 7.36. The number of hydrogen-bond acceptors (Lipinski definition) is 3. The summed E-state index contributed by atoms with van der Waals surface area (Å²) in [5.41, 5.74) is 4.93. The minimum atomic E-state index is -4.49. The van der Waals surface area contributed by atoms with Crippen molar-refractivity contribution in [2.75, 3.05) is 13.2 Å². The highest BCUT2D eigenvalue weighted by Crippen LogP contribution is 2.31. The molecule has 0 saturated heterocycles. The highest BCUT2D eigenvalue weighted by molar-refractivity contribution is 7.38. The molecule has 0 heterocycles. The van der Waals surface area contributed by atoms with E-state index in [1.165, 1.54) is 0 Å². The highest BCUT2D eigenvalue weighted by atomic mass is 31.1. The van der Waals surface area contributed by atoms with Crippen LogP contribution >= 0.6 is 8.03 Å². The third-order valence-electron chi connectivity index (χ3n) is 1.07. The Bertz CT molecular complexity index is 161. The molecule has 72 valence electrons. The lowest BCUT2D eigenvalue weighted by Gasteiger charge is -2.12. The van der Waals surface area contributed by atoms with E-state index in [1.807, 2.05) is 0 Å². The SMILES string of the molecule is C[P+](=O)OC(CCN)C(F)(F)F. The molecule has 0 radical (unpaired) electrons. The zero-order chi connectivity index (χ0) is 9.78. The van der Waals surface area contributed by atoms with Crippen molar-refractivity contribution in [2.45, 2.75) is 18.7 Å². The van der Waals surface area contributed by atoms with E-state index in [2.05, 4.69) is 4.52 Å².